The molecule has 0 aliphatic carbocycles. The average molecular weight is 820 g/mol. The SMILES string of the molecule is CC(C)CC1(CN)CCN(C(C)C)CC1.CC(C)N1CCC(C)(N2CC[C@H](C)C2)CC1.CCC1(CN)CCN(C(C)C)CC1.CC[C@@H](O)C1(C)CCN(C(C)C)CC1. The van der Waals surface area contributed by atoms with Gasteiger partial charge in [-0.15, -0.1) is 0 Å². The molecule has 5 saturated heterocycles. The van der Waals surface area contributed by atoms with Gasteiger partial charge in [0.05, 0.1) is 6.10 Å². The number of likely N-dealkylation sites (tertiary alicyclic amines) is 5. The molecule has 5 aliphatic heterocycles. The molecule has 0 aromatic heterocycles. The van der Waals surface area contributed by atoms with Crippen molar-refractivity contribution < 1.29 is 5.11 Å². The summed E-state index contributed by atoms with van der Waals surface area (Å²) < 4.78 is 0. The molecule has 0 aromatic carbocycles. The van der Waals surface area contributed by atoms with Gasteiger partial charge in [-0.2, -0.15) is 0 Å². The van der Waals surface area contributed by atoms with E-state index in [4.69, 9.17) is 11.5 Å². The molecule has 5 rings (SSSR count). The van der Waals surface area contributed by atoms with Crippen LogP contribution in [0.15, 0.2) is 0 Å². The maximum atomic E-state index is 9.95. The van der Waals surface area contributed by atoms with Crippen molar-refractivity contribution >= 4 is 0 Å². The van der Waals surface area contributed by atoms with Crippen molar-refractivity contribution in [1.29, 1.82) is 0 Å². The van der Waals surface area contributed by atoms with Crippen LogP contribution >= 0.6 is 0 Å². The van der Waals surface area contributed by atoms with Gasteiger partial charge in [0.2, 0.25) is 0 Å². The molecule has 0 spiro atoms. The molecule has 346 valence electrons. The Labute approximate surface area is 363 Å². The molecule has 0 unspecified atom stereocenters. The van der Waals surface area contributed by atoms with Crippen LogP contribution in [0.4, 0.5) is 0 Å². The lowest BCUT2D eigenvalue weighted by molar-refractivity contribution is -0.0190. The van der Waals surface area contributed by atoms with Crippen molar-refractivity contribution in [2.75, 3.05) is 78.5 Å². The molecule has 8 heteroatoms. The van der Waals surface area contributed by atoms with E-state index < -0.39 is 0 Å². The largest absolute Gasteiger partial charge is 0.393 e. The number of aliphatic hydroxyl groups excluding tert-OH is 1. The lowest BCUT2D eigenvalue weighted by Gasteiger charge is -2.46. The summed E-state index contributed by atoms with van der Waals surface area (Å²) in [6, 6.07) is 2.77. The summed E-state index contributed by atoms with van der Waals surface area (Å²) in [4.78, 5) is 13.0. The maximum absolute atomic E-state index is 9.95. The normalized spacial score (nSPS) is 26.2. The molecule has 5 N–H and O–H groups in total. The Morgan fingerprint density at radius 1 is 0.552 bits per heavy atom. The minimum atomic E-state index is -0.114. The Balaban J connectivity index is 0.000000268. The quantitative estimate of drug-likeness (QED) is 0.180. The highest BCUT2D eigenvalue weighted by molar-refractivity contribution is 4.95. The lowest BCUT2D eigenvalue weighted by atomic mass is 9.72. The molecule has 0 radical (unpaired) electrons. The number of rotatable bonds is 12. The van der Waals surface area contributed by atoms with E-state index in [9.17, 15) is 5.11 Å². The molecule has 58 heavy (non-hydrogen) atoms. The van der Waals surface area contributed by atoms with Gasteiger partial charge in [0.1, 0.15) is 0 Å². The zero-order valence-corrected chi connectivity index (χ0v) is 41.8. The molecule has 0 aromatic rings. The van der Waals surface area contributed by atoms with Gasteiger partial charge in [-0.3, -0.25) is 4.90 Å². The van der Waals surface area contributed by atoms with Gasteiger partial charge in [0.25, 0.3) is 0 Å². The third kappa shape index (κ3) is 16.4. The second kappa shape index (κ2) is 25.1. The zero-order chi connectivity index (χ0) is 43.9. The van der Waals surface area contributed by atoms with Crippen LogP contribution < -0.4 is 11.5 Å². The minimum Gasteiger partial charge on any atom is -0.393 e. The standard InChI is InChI=1S/C14H28N2.C13H28N2.C12H25NO.C11H24N2/c1-12(2)15-9-6-14(4,7-10-15)16-8-5-13(3)11-16;1-11(2)9-13(10-14)5-7-15(8-6-13)12(3)4;1-5-11(14)12(4)6-8-13(9-7-12)10(2)3;1-4-11(9-12)5-7-13(8-6-11)10(2)3/h12-13H,5-11H2,1-4H3;11-12H,5-10,14H2,1-4H3;10-11,14H,5-9H2,1-4H3;10H,4-9,12H2,1-3H3/t13-;;11-;/m0.1./s1. The zero-order valence-electron chi connectivity index (χ0n) is 41.8. The summed E-state index contributed by atoms with van der Waals surface area (Å²) >= 11 is 0. The number of piperidine rings is 4. The monoisotopic (exact) mass is 820 g/mol. The first kappa shape index (κ1) is 53.8. The van der Waals surface area contributed by atoms with Crippen LogP contribution in [0, 0.1) is 28.1 Å². The second-order valence-corrected chi connectivity index (χ2v) is 22.3. The van der Waals surface area contributed by atoms with E-state index >= 15 is 0 Å². The molecule has 5 fully saturated rings. The first-order chi connectivity index (χ1) is 27.1. The predicted molar refractivity (Wildman–Crippen MR) is 255 cm³/mol. The van der Waals surface area contributed by atoms with E-state index in [1.807, 2.05) is 0 Å². The molecule has 5 aliphatic rings. The molecule has 0 bridgehead atoms. The van der Waals surface area contributed by atoms with E-state index in [1.54, 1.807) is 0 Å². The van der Waals surface area contributed by atoms with E-state index in [-0.39, 0.29) is 11.5 Å². The van der Waals surface area contributed by atoms with E-state index in [0.717, 1.165) is 63.3 Å². The Morgan fingerprint density at radius 3 is 1.21 bits per heavy atom. The van der Waals surface area contributed by atoms with Gasteiger partial charge >= 0.3 is 0 Å². The molecular weight excluding hydrogens is 715 g/mol. The maximum Gasteiger partial charge on any atom is 0.0592 e. The molecule has 8 nitrogen and oxygen atoms in total. The van der Waals surface area contributed by atoms with Gasteiger partial charge in [-0.25, -0.2) is 0 Å². The van der Waals surface area contributed by atoms with Gasteiger partial charge in [0, 0.05) is 49.3 Å². The van der Waals surface area contributed by atoms with Crippen molar-refractivity contribution in [3.05, 3.63) is 0 Å². The third-order valence-electron chi connectivity index (χ3n) is 16.3. The van der Waals surface area contributed by atoms with Crippen LogP contribution in [0.5, 0.6) is 0 Å². The average Bonchev–Trinajstić information content (AvgIpc) is 3.65. The highest BCUT2D eigenvalue weighted by Crippen LogP contribution is 2.38. The van der Waals surface area contributed by atoms with Crippen LogP contribution in [-0.2, 0) is 0 Å². The first-order valence-electron chi connectivity index (χ1n) is 24.9. The van der Waals surface area contributed by atoms with Crippen LogP contribution in [-0.4, -0.2) is 144 Å². The van der Waals surface area contributed by atoms with Crippen molar-refractivity contribution in [2.45, 2.75) is 217 Å². The number of hydrogen-bond acceptors (Lipinski definition) is 8. The van der Waals surface area contributed by atoms with E-state index in [2.05, 4.69) is 128 Å². The summed E-state index contributed by atoms with van der Waals surface area (Å²) in [7, 11) is 0. The van der Waals surface area contributed by atoms with E-state index in [1.165, 1.54) is 110 Å². The Hall–Kier alpha value is -0.320. The van der Waals surface area contributed by atoms with Crippen molar-refractivity contribution in [2.24, 2.45) is 39.5 Å². The summed E-state index contributed by atoms with van der Waals surface area (Å²) in [5.41, 5.74) is 13.4. The summed E-state index contributed by atoms with van der Waals surface area (Å²) in [5.74, 6) is 1.69. The second-order valence-electron chi connectivity index (χ2n) is 22.3. The van der Waals surface area contributed by atoms with Crippen LogP contribution in [0.25, 0.3) is 0 Å². The number of nitrogens with two attached hydrogens (primary N) is 2. The fraction of sp³-hybridized carbons (Fsp3) is 1.00. The van der Waals surface area contributed by atoms with Crippen molar-refractivity contribution in [3.63, 3.8) is 0 Å². The van der Waals surface area contributed by atoms with Gasteiger partial charge in [-0.1, -0.05) is 41.5 Å². The van der Waals surface area contributed by atoms with Crippen LogP contribution in [0.1, 0.15) is 181 Å². The third-order valence-corrected chi connectivity index (χ3v) is 16.3. The molecule has 0 amide bonds. The number of nitrogens with zero attached hydrogens (tertiary/aromatic N) is 5. The topological polar surface area (TPSA) is 88.5 Å². The fourth-order valence-corrected chi connectivity index (χ4v) is 10.7. The summed E-state index contributed by atoms with van der Waals surface area (Å²) in [6.45, 7) is 48.6. The molecule has 5 heterocycles. The number of aliphatic hydroxyl groups is 1. The van der Waals surface area contributed by atoms with Crippen LogP contribution in [0.2, 0.25) is 0 Å². The summed E-state index contributed by atoms with van der Waals surface area (Å²) in [6.07, 6.45) is 14.9. The lowest BCUT2D eigenvalue weighted by Crippen LogP contribution is -2.53. The highest BCUT2D eigenvalue weighted by Gasteiger charge is 2.39. The number of hydrogen-bond donors (Lipinski definition) is 3. The fourth-order valence-electron chi connectivity index (χ4n) is 10.7. The molecule has 2 atom stereocenters. The van der Waals surface area contributed by atoms with Crippen LogP contribution in [0.3, 0.4) is 0 Å². The van der Waals surface area contributed by atoms with Gasteiger partial charge in [0.15, 0.2) is 0 Å². The van der Waals surface area contributed by atoms with Crippen molar-refractivity contribution in [3.8, 4) is 0 Å². The minimum absolute atomic E-state index is 0.114. The Morgan fingerprint density at radius 2 is 0.914 bits per heavy atom. The molecule has 0 saturated carbocycles. The smallest absolute Gasteiger partial charge is 0.0592 e. The van der Waals surface area contributed by atoms with E-state index in [0.29, 0.717) is 34.5 Å². The highest BCUT2D eigenvalue weighted by atomic mass is 16.3. The Bertz CT molecular complexity index is 1060. The van der Waals surface area contributed by atoms with Gasteiger partial charge in [-0.05, 0) is 226 Å². The predicted octanol–water partition coefficient (Wildman–Crippen LogP) is 9.19. The summed E-state index contributed by atoms with van der Waals surface area (Å²) in [5, 5.41) is 9.95. The van der Waals surface area contributed by atoms with Gasteiger partial charge < -0.3 is 36.2 Å². The first-order valence-corrected chi connectivity index (χ1v) is 24.9. The molecular formula is C50H105N7O. The Kier molecular flexibility index (Phi) is 23.3. The van der Waals surface area contributed by atoms with Crippen molar-refractivity contribution in [1.82, 2.24) is 24.5 Å².